The van der Waals surface area contributed by atoms with Gasteiger partial charge in [0.1, 0.15) is 11.5 Å². The van der Waals surface area contributed by atoms with Crippen LogP contribution in [0, 0.1) is 6.92 Å². The Labute approximate surface area is 167 Å². The van der Waals surface area contributed by atoms with Crippen molar-refractivity contribution in [3.8, 4) is 11.5 Å². The van der Waals surface area contributed by atoms with Gasteiger partial charge in [0.05, 0.1) is 14.2 Å². The quantitative estimate of drug-likeness (QED) is 0.788. The maximum Gasteiger partial charge on any atom is 0.251 e. The molecule has 0 spiro atoms. The molecule has 1 aliphatic heterocycles. The normalized spacial score (nSPS) is 14.5. The van der Waals surface area contributed by atoms with E-state index in [9.17, 15) is 4.79 Å². The number of rotatable bonds is 7. The van der Waals surface area contributed by atoms with E-state index in [1.54, 1.807) is 26.4 Å². The smallest absolute Gasteiger partial charge is 0.251 e. The number of likely N-dealkylation sites (tertiary alicyclic amines) is 1. The number of hydrogen-bond acceptors (Lipinski definition) is 4. The summed E-state index contributed by atoms with van der Waals surface area (Å²) in [6, 6.07) is 11.9. The number of nitrogens with one attached hydrogen (secondary N) is 1. The van der Waals surface area contributed by atoms with Gasteiger partial charge in [-0.05, 0) is 56.1 Å². The van der Waals surface area contributed by atoms with Gasteiger partial charge in [-0.15, -0.1) is 0 Å². The van der Waals surface area contributed by atoms with Crippen LogP contribution in [0.4, 0.5) is 0 Å². The second-order valence-electron chi connectivity index (χ2n) is 7.29. The minimum Gasteiger partial charge on any atom is -0.496 e. The topological polar surface area (TPSA) is 50.8 Å². The zero-order chi connectivity index (χ0) is 19.9. The minimum atomic E-state index is -0.135. The molecule has 5 nitrogen and oxygen atoms in total. The van der Waals surface area contributed by atoms with Crippen molar-refractivity contribution in [3.63, 3.8) is 0 Å². The van der Waals surface area contributed by atoms with Gasteiger partial charge < -0.3 is 14.8 Å². The molecule has 150 valence electrons. The van der Waals surface area contributed by atoms with Crippen LogP contribution >= 0.6 is 0 Å². The van der Waals surface area contributed by atoms with Crippen LogP contribution in [0.25, 0.3) is 0 Å². The monoisotopic (exact) mass is 382 g/mol. The lowest BCUT2D eigenvalue weighted by atomic mass is 10.0. The Morgan fingerprint density at radius 3 is 2.21 bits per heavy atom. The predicted molar refractivity (Wildman–Crippen MR) is 111 cm³/mol. The highest BCUT2D eigenvalue weighted by atomic mass is 16.5. The van der Waals surface area contributed by atoms with Crippen LogP contribution in [0.5, 0.6) is 11.5 Å². The summed E-state index contributed by atoms with van der Waals surface area (Å²) in [5.41, 5.74) is 3.86. The van der Waals surface area contributed by atoms with Crippen LogP contribution in [-0.4, -0.2) is 38.1 Å². The fourth-order valence-corrected chi connectivity index (χ4v) is 3.74. The van der Waals surface area contributed by atoms with E-state index in [0.717, 1.165) is 30.8 Å². The number of methoxy groups -OCH3 is 2. The molecule has 1 saturated heterocycles. The lowest BCUT2D eigenvalue weighted by molar-refractivity contribution is 0.0950. The van der Waals surface area contributed by atoms with Crippen molar-refractivity contribution < 1.29 is 14.3 Å². The summed E-state index contributed by atoms with van der Waals surface area (Å²) in [7, 11) is 3.20. The van der Waals surface area contributed by atoms with Crippen LogP contribution in [0.3, 0.4) is 0 Å². The maximum absolute atomic E-state index is 12.7. The summed E-state index contributed by atoms with van der Waals surface area (Å²) in [5.74, 6) is 1.16. The molecule has 1 heterocycles. The first-order valence-electron chi connectivity index (χ1n) is 9.92. The molecule has 2 aromatic rings. The van der Waals surface area contributed by atoms with E-state index >= 15 is 0 Å². The van der Waals surface area contributed by atoms with Crippen LogP contribution in [0.2, 0.25) is 0 Å². The zero-order valence-corrected chi connectivity index (χ0v) is 17.1. The lowest BCUT2D eigenvalue weighted by Crippen LogP contribution is -2.30. The van der Waals surface area contributed by atoms with Gasteiger partial charge in [0.25, 0.3) is 5.91 Å². The molecule has 0 aromatic heterocycles. The summed E-state index contributed by atoms with van der Waals surface area (Å²) in [6.45, 7) is 5.67. The van der Waals surface area contributed by atoms with E-state index < -0.39 is 0 Å². The molecule has 3 rings (SSSR count). The third kappa shape index (κ3) is 4.84. The van der Waals surface area contributed by atoms with Crippen molar-refractivity contribution in [1.82, 2.24) is 10.2 Å². The van der Waals surface area contributed by atoms with Gasteiger partial charge >= 0.3 is 0 Å². The Morgan fingerprint density at radius 2 is 1.61 bits per heavy atom. The summed E-state index contributed by atoms with van der Waals surface area (Å²) >= 11 is 0. The van der Waals surface area contributed by atoms with Crippen molar-refractivity contribution in [1.29, 1.82) is 0 Å². The Balaban J connectivity index is 1.69. The van der Waals surface area contributed by atoms with Gasteiger partial charge in [-0.3, -0.25) is 9.69 Å². The average Bonchev–Trinajstić information content (AvgIpc) is 2.73. The number of benzene rings is 2. The van der Waals surface area contributed by atoms with E-state index in [-0.39, 0.29) is 5.91 Å². The van der Waals surface area contributed by atoms with E-state index in [1.165, 1.54) is 24.8 Å². The fourth-order valence-electron chi connectivity index (χ4n) is 3.74. The Bertz CT molecular complexity index is 788. The van der Waals surface area contributed by atoms with Crippen molar-refractivity contribution in [2.24, 2.45) is 0 Å². The second-order valence-corrected chi connectivity index (χ2v) is 7.29. The summed E-state index contributed by atoms with van der Waals surface area (Å²) in [6.07, 6.45) is 3.88. The number of carbonyl (C=O) groups is 1. The summed E-state index contributed by atoms with van der Waals surface area (Å²) in [5, 5.41) is 3.05. The zero-order valence-electron chi connectivity index (χ0n) is 17.1. The molecule has 1 N–H and O–H groups in total. The molecule has 1 aliphatic rings. The van der Waals surface area contributed by atoms with Crippen molar-refractivity contribution in [3.05, 3.63) is 58.7 Å². The largest absolute Gasteiger partial charge is 0.496 e. The summed E-state index contributed by atoms with van der Waals surface area (Å²) in [4.78, 5) is 15.2. The molecular formula is C23H30N2O3. The van der Waals surface area contributed by atoms with Gasteiger partial charge in [0.2, 0.25) is 0 Å². The number of carbonyl (C=O) groups excluding carboxylic acids is 1. The number of nitrogens with zero attached hydrogens (tertiary/aromatic N) is 1. The molecule has 28 heavy (non-hydrogen) atoms. The van der Waals surface area contributed by atoms with E-state index in [0.29, 0.717) is 23.6 Å². The van der Waals surface area contributed by atoms with E-state index in [4.69, 9.17) is 9.47 Å². The van der Waals surface area contributed by atoms with Crippen molar-refractivity contribution in [2.45, 2.75) is 39.3 Å². The first-order valence-corrected chi connectivity index (χ1v) is 9.92. The third-order valence-corrected chi connectivity index (χ3v) is 5.41. The highest BCUT2D eigenvalue weighted by Crippen LogP contribution is 2.29. The first kappa shape index (κ1) is 20.2. The molecule has 0 atom stereocenters. The highest BCUT2D eigenvalue weighted by molar-refractivity contribution is 5.95. The molecule has 0 aliphatic carbocycles. The maximum atomic E-state index is 12.7. The average molecular weight is 383 g/mol. The standard InChI is InChI=1S/C23H30N2O3/c1-17-21(27-2)13-20(14-22(17)28-3)23(26)24-15-18-9-5-6-10-19(18)16-25-11-7-4-8-12-25/h5-6,9-10,13-14H,4,7-8,11-12,15-16H2,1-3H3,(H,24,26). The predicted octanol–water partition coefficient (Wildman–Crippen LogP) is 3.93. The van der Waals surface area contributed by atoms with Gasteiger partial charge in [-0.1, -0.05) is 30.7 Å². The van der Waals surface area contributed by atoms with Crippen molar-refractivity contribution in [2.75, 3.05) is 27.3 Å². The number of amides is 1. The molecule has 5 heteroatoms. The number of ether oxygens (including phenoxy) is 2. The van der Waals surface area contributed by atoms with Gasteiger partial charge in [-0.25, -0.2) is 0 Å². The molecular weight excluding hydrogens is 352 g/mol. The van der Waals surface area contributed by atoms with Gasteiger partial charge in [0.15, 0.2) is 0 Å². The van der Waals surface area contributed by atoms with Gasteiger partial charge in [-0.2, -0.15) is 0 Å². The molecule has 1 fully saturated rings. The second kappa shape index (κ2) is 9.60. The minimum absolute atomic E-state index is 0.135. The van der Waals surface area contributed by atoms with E-state index in [2.05, 4.69) is 28.4 Å². The molecule has 1 amide bonds. The van der Waals surface area contributed by atoms with E-state index in [1.807, 2.05) is 13.0 Å². The lowest BCUT2D eigenvalue weighted by Gasteiger charge is -2.27. The fraction of sp³-hybridized carbons (Fsp3) is 0.435. The molecule has 0 radical (unpaired) electrons. The molecule has 0 saturated carbocycles. The molecule has 2 aromatic carbocycles. The summed E-state index contributed by atoms with van der Waals surface area (Å²) < 4.78 is 10.8. The third-order valence-electron chi connectivity index (χ3n) is 5.41. The Kier molecular flexibility index (Phi) is 6.93. The Hall–Kier alpha value is -2.53. The van der Waals surface area contributed by atoms with Crippen LogP contribution in [0.1, 0.15) is 46.3 Å². The molecule has 0 unspecified atom stereocenters. The van der Waals surface area contributed by atoms with Crippen molar-refractivity contribution >= 4 is 5.91 Å². The van der Waals surface area contributed by atoms with Gasteiger partial charge in [0, 0.05) is 24.2 Å². The SMILES string of the molecule is COc1cc(C(=O)NCc2ccccc2CN2CCCCC2)cc(OC)c1C. The number of hydrogen-bond donors (Lipinski definition) is 1. The van der Waals surface area contributed by atoms with Crippen LogP contribution < -0.4 is 14.8 Å². The number of piperidine rings is 1. The Morgan fingerprint density at radius 1 is 1.00 bits per heavy atom. The van der Waals surface area contributed by atoms with Crippen LogP contribution in [-0.2, 0) is 13.1 Å². The highest BCUT2D eigenvalue weighted by Gasteiger charge is 2.15. The first-order chi connectivity index (χ1) is 13.6. The molecule has 0 bridgehead atoms. The van der Waals surface area contributed by atoms with Crippen LogP contribution in [0.15, 0.2) is 36.4 Å².